The zero-order valence-corrected chi connectivity index (χ0v) is 11.1. The van der Waals surface area contributed by atoms with Gasteiger partial charge in [-0.15, -0.1) is 0 Å². The van der Waals surface area contributed by atoms with Crippen LogP contribution in [0.15, 0.2) is 29.1 Å². The molecule has 0 radical (unpaired) electrons. The maximum atomic E-state index is 11.9. The zero-order valence-electron chi connectivity index (χ0n) is 8.99. The standard InChI is InChI=1S/C11H13N2O.HI/c1-8-12(2)10-7-5-4-6-9(10)11(14)13(8)3;/h4-7H,1-3H3;1H/q+1;/p-1. The molecule has 0 spiro atoms. The molecule has 15 heavy (non-hydrogen) atoms. The number of rotatable bonds is 0. The molecule has 0 aliphatic carbocycles. The predicted molar refractivity (Wildman–Crippen MR) is 55.1 cm³/mol. The molecule has 1 aromatic carbocycles. The van der Waals surface area contributed by atoms with Crippen molar-refractivity contribution in [3.05, 3.63) is 40.4 Å². The van der Waals surface area contributed by atoms with E-state index in [2.05, 4.69) is 0 Å². The highest BCUT2D eigenvalue weighted by atomic mass is 127. The van der Waals surface area contributed by atoms with Crippen LogP contribution in [0.3, 0.4) is 0 Å². The predicted octanol–water partition coefficient (Wildman–Crippen LogP) is -2.32. The van der Waals surface area contributed by atoms with Gasteiger partial charge in [-0.1, -0.05) is 12.1 Å². The van der Waals surface area contributed by atoms with Gasteiger partial charge in [0.1, 0.15) is 10.9 Å². The van der Waals surface area contributed by atoms with Crippen molar-refractivity contribution in [3.63, 3.8) is 0 Å². The maximum Gasteiger partial charge on any atom is 0.345 e. The Bertz CT molecular complexity index is 560. The van der Waals surface area contributed by atoms with Gasteiger partial charge in [-0.05, 0) is 12.1 Å². The second-order valence-electron chi connectivity index (χ2n) is 3.49. The lowest BCUT2D eigenvalue weighted by Crippen LogP contribution is -3.00. The van der Waals surface area contributed by atoms with E-state index >= 15 is 0 Å². The highest BCUT2D eigenvalue weighted by Crippen LogP contribution is 2.03. The van der Waals surface area contributed by atoms with E-state index in [4.69, 9.17) is 0 Å². The second-order valence-corrected chi connectivity index (χ2v) is 3.49. The Morgan fingerprint density at radius 2 is 1.87 bits per heavy atom. The first kappa shape index (κ1) is 12.2. The molecule has 0 N–H and O–H groups in total. The minimum absolute atomic E-state index is 0. The van der Waals surface area contributed by atoms with Crippen molar-refractivity contribution in [3.8, 4) is 0 Å². The van der Waals surface area contributed by atoms with Gasteiger partial charge in [0.2, 0.25) is 0 Å². The fourth-order valence-electron chi connectivity index (χ4n) is 1.67. The van der Waals surface area contributed by atoms with Gasteiger partial charge in [-0.25, -0.2) is 9.36 Å². The number of benzene rings is 1. The summed E-state index contributed by atoms with van der Waals surface area (Å²) < 4.78 is 3.69. The van der Waals surface area contributed by atoms with Crippen molar-refractivity contribution in [2.75, 3.05) is 0 Å². The summed E-state index contributed by atoms with van der Waals surface area (Å²) in [5.41, 5.74) is 1.05. The monoisotopic (exact) mass is 316 g/mol. The SMILES string of the molecule is Cc1n(C)c(=O)c2ccccc2[n+]1C.[I-]. The van der Waals surface area contributed by atoms with E-state index in [0.717, 1.165) is 16.7 Å². The average molecular weight is 316 g/mol. The normalized spacial score (nSPS) is 10.1. The van der Waals surface area contributed by atoms with Crippen LogP contribution in [0.5, 0.6) is 0 Å². The fraction of sp³-hybridized carbons (Fsp3) is 0.273. The molecule has 0 bridgehead atoms. The van der Waals surface area contributed by atoms with E-state index < -0.39 is 0 Å². The summed E-state index contributed by atoms with van der Waals surface area (Å²) in [6, 6.07) is 7.65. The minimum atomic E-state index is 0. The van der Waals surface area contributed by atoms with Crippen molar-refractivity contribution in [2.24, 2.45) is 14.1 Å². The molecular weight excluding hydrogens is 303 g/mol. The van der Waals surface area contributed by atoms with Gasteiger partial charge in [0.05, 0.1) is 14.1 Å². The number of fused-ring (bicyclic) bond motifs is 1. The molecule has 4 heteroatoms. The van der Waals surface area contributed by atoms with Crippen LogP contribution in [-0.4, -0.2) is 4.57 Å². The first-order chi connectivity index (χ1) is 6.63. The first-order valence-corrected chi connectivity index (χ1v) is 4.57. The summed E-state index contributed by atoms with van der Waals surface area (Å²) in [6.07, 6.45) is 0. The minimum Gasteiger partial charge on any atom is -1.00 e. The van der Waals surface area contributed by atoms with E-state index in [-0.39, 0.29) is 29.5 Å². The third kappa shape index (κ3) is 1.78. The lowest BCUT2D eigenvalue weighted by atomic mass is 10.2. The van der Waals surface area contributed by atoms with E-state index in [1.807, 2.05) is 42.8 Å². The van der Waals surface area contributed by atoms with Gasteiger partial charge in [0.15, 0.2) is 0 Å². The number of hydrogen-bond acceptors (Lipinski definition) is 1. The number of para-hydroxylation sites is 1. The fourth-order valence-corrected chi connectivity index (χ4v) is 1.67. The average Bonchev–Trinajstić information content (AvgIpc) is 2.23. The third-order valence-corrected chi connectivity index (χ3v) is 2.77. The molecule has 0 amide bonds. The van der Waals surface area contributed by atoms with Crippen LogP contribution in [-0.2, 0) is 14.1 Å². The Morgan fingerprint density at radius 1 is 1.27 bits per heavy atom. The molecule has 0 saturated carbocycles. The molecule has 0 unspecified atom stereocenters. The molecule has 1 heterocycles. The molecule has 2 rings (SSSR count). The molecule has 3 nitrogen and oxygen atoms in total. The number of nitrogens with zero attached hydrogens (tertiary/aromatic N) is 2. The molecule has 0 saturated heterocycles. The zero-order chi connectivity index (χ0) is 10.3. The van der Waals surface area contributed by atoms with Crippen LogP contribution < -0.4 is 34.1 Å². The van der Waals surface area contributed by atoms with Gasteiger partial charge in [0, 0.05) is 6.92 Å². The summed E-state index contributed by atoms with van der Waals surface area (Å²) in [5, 5.41) is 0.767. The van der Waals surface area contributed by atoms with Crippen LogP contribution in [0.2, 0.25) is 0 Å². The van der Waals surface area contributed by atoms with E-state index in [0.29, 0.717) is 0 Å². The largest absolute Gasteiger partial charge is 1.00 e. The second kappa shape index (κ2) is 4.30. The van der Waals surface area contributed by atoms with Crippen molar-refractivity contribution in [1.82, 2.24) is 4.57 Å². The van der Waals surface area contributed by atoms with Gasteiger partial charge in [0.25, 0.3) is 5.82 Å². The molecular formula is C11H13IN2O. The summed E-state index contributed by atoms with van der Waals surface area (Å²) in [7, 11) is 3.77. The molecule has 2 aromatic rings. The molecule has 0 atom stereocenters. The molecule has 80 valence electrons. The van der Waals surface area contributed by atoms with Crippen molar-refractivity contribution in [1.29, 1.82) is 0 Å². The first-order valence-electron chi connectivity index (χ1n) is 4.57. The number of aryl methyl sites for hydroxylation is 1. The molecule has 0 aliphatic rings. The number of aromatic nitrogens is 2. The maximum absolute atomic E-state index is 11.9. The number of hydrogen-bond donors (Lipinski definition) is 0. The Kier molecular flexibility index (Phi) is 3.49. The van der Waals surface area contributed by atoms with Gasteiger partial charge in [-0.2, -0.15) is 4.57 Å². The van der Waals surface area contributed by atoms with E-state index in [1.54, 1.807) is 11.6 Å². The highest BCUT2D eigenvalue weighted by Gasteiger charge is 2.13. The summed E-state index contributed by atoms with van der Waals surface area (Å²) in [5.74, 6) is 0.953. The summed E-state index contributed by atoms with van der Waals surface area (Å²) >= 11 is 0. The van der Waals surface area contributed by atoms with Crippen molar-refractivity contribution in [2.45, 2.75) is 6.92 Å². The lowest BCUT2D eigenvalue weighted by Gasteiger charge is -2.04. The summed E-state index contributed by atoms with van der Waals surface area (Å²) in [6.45, 7) is 1.94. The van der Waals surface area contributed by atoms with Crippen LogP contribution in [0.1, 0.15) is 5.82 Å². The van der Waals surface area contributed by atoms with Gasteiger partial charge in [-0.3, -0.25) is 0 Å². The molecule has 0 fully saturated rings. The number of halogens is 1. The van der Waals surface area contributed by atoms with Crippen molar-refractivity contribution < 1.29 is 28.5 Å². The smallest absolute Gasteiger partial charge is 0.345 e. The van der Waals surface area contributed by atoms with Gasteiger partial charge < -0.3 is 24.0 Å². The van der Waals surface area contributed by atoms with Crippen LogP contribution >= 0.6 is 0 Å². The third-order valence-electron chi connectivity index (χ3n) is 2.77. The molecule has 0 aliphatic heterocycles. The Balaban J connectivity index is 0.00000112. The van der Waals surface area contributed by atoms with E-state index in [1.165, 1.54) is 0 Å². The highest BCUT2D eigenvalue weighted by molar-refractivity contribution is 5.74. The molecule has 1 aromatic heterocycles. The van der Waals surface area contributed by atoms with Crippen molar-refractivity contribution >= 4 is 10.9 Å². The Morgan fingerprint density at radius 3 is 2.53 bits per heavy atom. The summed E-state index contributed by atoms with van der Waals surface area (Å²) in [4.78, 5) is 11.9. The van der Waals surface area contributed by atoms with Crippen LogP contribution in [0.4, 0.5) is 0 Å². The van der Waals surface area contributed by atoms with E-state index in [9.17, 15) is 4.79 Å². The van der Waals surface area contributed by atoms with Crippen LogP contribution in [0, 0.1) is 6.92 Å². The Labute approximate surface area is 105 Å². The quantitative estimate of drug-likeness (QED) is 0.396. The lowest BCUT2D eigenvalue weighted by molar-refractivity contribution is -0.656. The topological polar surface area (TPSA) is 25.9 Å². The van der Waals surface area contributed by atoms with Crippen LogP contribution in [0.25, 0.3) is 10.9 Å². The Hall–Kier alpha value is -0.910. The van der Waals surface area contributed by atoms with Gasteiger partial charge >= 0.3 is 5.56 Å².